The molecule has 3 heteroatoms. The second-order valence-corrected chi connectivity index (χ2v) is 8.49. The smallest absolute Gasteiger partial charge is 0.0766 e. The Morgan fingerprint density at radius 1 is 0.952 bits per heavy atom. The van der Waals surface area contributed by atoms with Crippen molar-refractivity contribution in [2.24, 2.45) is 11.8 Å². The van der Waals surface area contributed by atoms with Crippen molar-refractivity contribution in [1.29, 1.82) is 0 Å². The first kappa shape index (κ1) is 14.5. The third kappa shape index (κ3) is 2.36. The van der Waals surface area contributed by atoms with Gasteiger partial charge in [-0.05, 0) is 57.8 Å². The van der Waals surface area contributed by atoms with Crippen LogP contribution in [-0.2, 0) is 0 Å². The van der Waals surface area contributed by atoms with Crippen molar-refractivity contribution in [3.8, 4) is 0 Å². The maximum atomic E-state index is 4.12. The fraction of sp³-hybridized carbons (Fsp3) is 1.00. The molecule has 0 bridgehead atoms. The third-order valence-electron chi connectivity index (χ3n) is 6.78. The number of hydrogen-bond acceptors (Lipinski definition) is 3. The van der Waals surface area contributed by atoms with Crippen LogP contribution >= 0.6 is 0 Å². The molecular weight excluding hydrogens is 258 g/mol. The van der Waals surface area contributed by atoms with Crippen LogP contribution in [0.4, 0.5) is 0 Å². The van der Waals surface area contributed by atoms with Crippen LogP contribution in [-0.4, -0.2) is 41.3 Å². The summed E-state index contributed by atoms with van der Waals surface area (Å²) in [6, 6.07) is 3.63. The monoisotopic (exact) mass is 291 g/mol. The largest absolute Gasteiger partial charge is 0.307 e. The molecular formula is C18H33N3. The van der Waals surface area contributed by atoms with Gasteiger partial charge in [-0.25, -0.2) is 0 Å². The first-order valence-corrected chi connectivity index (χ1v) is 9.44. The minimum atomic E-state index is 0.588. The lowest BCUT2D eigenvalue weighted by atomic mass is 9.76. The van der Waals surface area contributed by atoms with Crippen LogP contribution in [0.3, 0.4) is 0 Å². The van der Waals surface area contributed by atoms with Crippen molar-refractivity contribution in [1.82, 2.24) is 15.5 Å². The van der Waals surface area contributed by atoms with E-state index in [0.29, 0.717) is 18.2 Å². The predicted octanol–water partition coefficient (Wildman–Crippen LogP) is 2.71. The third-order valence-corrected chi connectivity index (χ3v) is 6.78. The molecule has 0 aromatic carbocycles. The average molecular weight is 291 g/mol. The second kappa shape index (κ2) is 5.50. The highest BCUT2D eigenvalue weighted by atomic mass is 15.4. The Morgan fingerprint density at radius 3 is 2.38 bits per heavy atom. The second-order valence-electron chi connectivity index (χ2n) is 8.49. The lowest BCUT2D eigenvalue weighted by Gasteiger charge is -2.47. The van der Waals surface area contributed by atoms with Crippen LogP contribution in [0.5, 0.6) is 0 Å². The summed E-state index contributed by atoms with van der Waals surface area (Å²) >= 11 is 0. The Morgan fingerprint density at radius 2 is 1.67 bits per heavy atom. The van der Waals surface area contributed by atoms with Gasteiger partial charge >= 0.3 is 0 Å². The summed E-state index contributed by atoms with van der Waals surface area (Å²) in [6.07, 6.45) is 10.5. The molecule has 2 N–H and O–H groups in total. The summed E-state index contributed by atoms with van der Waals surface area (Å²) in [5.41, 5.74) is 0. The molecule has 2 saturated heterocycles. The summed E-state index contributed by atoms with van der Waals surface area (Å²) in [5.74, 6) is 1.79. The van der Waals surface area contributed by atoms with E-state index in [2.05, 4.69) is 36.3 Å². The molecule has 3 nitrogen and oxygen atoms in total. The molecule has 4 fully saturated rings. The number of rotatable bonds is 1. The van der Waals surface area contributed by atoms with Crippen molar-refractivity contribution in [2.45, 2.75) is 102 Å². The van der Waals surface area contributed by atoms with Gasteiger partial charge in [0, 0.05) is 30.2 Å². The van der Waals surface area contributed by atoms with E-state index in [9.17, 15) is 0 Å². The summed E-state index contributed by atoms with van der Waals surface area (Å²) in [6.45, 7) is 7.25. The van der Waals surface area contributed by atoms with Gasteiger partial charge in [0.1, 0.15) is 0 Å². The summed E-state index contributed by atoms with van der Waals surface area (Å²) in [4.78, 5) is 2.83. The number of nitrogens with zero attached hydrogens (tertiary/aromatic N) is 1. The van der Waals surface area contributed by atoms with Crippen LogP contribution < -0.4 is 10.6 Å². The van der Waals surface area contributed by atoms with Crippen LogP contribution in [0.25, 0.3) is 0 Å². The lowest BCUT2D eigenvalue weighted by Crippen LogP contribution is -2.69. The molecule has 4 rings (SSSR count). The number of likely N-dealkylation sites (tertiary alicyclic amines) is 1. The molecule has 120 valence electrons. The van der Waals surface area contributed by atoms with Crippen molar-refractivity contribution < 1.29 is 0 Å². The fourth-order valence-electron chi connectivity index (χ4n) is 5.90. The Kier molecular flexibility index (Phi) is 3.79. The van der Waals surface area contributed by atoms with Crippen molar-refractivity contribution in [3.05, 3.63) is 0 Å². The highest BCUT2D eigenvalue weighted by molar-refractivity contribution is 5.11. The number of hydrogen-bond donors (Lipinski definition) is 2. The molecule has 0 aromatic heterocycles. The van der Waals surface area contributed by atoms with Gasteiger partial charge in [0.05, 0.1) is 6.17 Å². The summed E-state index contributed by atoms with van der Waals surface area (Å²) in [5, 5.41) is 8.20. The molecule has 2 heterocycles. The highest BCUT2D eigenvalue weighted by Crippen LogP contribution is 2.44. The molecule has 0 radical (unpaired) electrons. The van der Waals surface area contributed by atoms with Crippen molar-refractivity contribution in [2.75, 3.05) is 0 Å². The van der Waals surface area contributed by atoms with Gasteiger partial charge in [-0.15, -0.1) is 0 Å². The molecule has 0 amide bonds. The van der Waals surface area contributed by atoms with E-state index in [0.717, 1.165) is 30.0 Å². The number of piperazine rings is 1. The standard InChI is InChI=1S/C18H33N3/c1-11(2)21-16-9-8-12(3)10-13(16)17-18(21)20-15-7-5-4-6-14(15)19-17/h11-20H,4-10H2,1-3H3. The normalized spacial score (nSPS) is 50.6. The minimum Gasteiger partial charge on any atom is -0.307 e. The molecule has 21 heavy (non-hydrogen) atoms. The van der Waals surface area contributed by atoms with Gasteiger partial charge < -0.3 is 5.32 Å². The molecule has 4 aliphatic rings. The Balaban J connectivity index is 1.60. The zero-order valence-corrected chi connectivity index (χ0v) is 14.0. The van der Waals surface area contributed by atoms with E-state index in [1.54, 1.807) is 0 Å². The van der Waals surface area contributed by atoms with E-state index in [4.69, 9.17) is 0 Å². The maximum absolute atomic E-state index is 4.12. The van der Waals surface area contributed by atoms with Crippen LogP contribution in [0, 0.1) is 11.8 Å². The van der Waals surface area contributed by atoms with E-state index >= 15 is 0 Å². The quantitative estimate of drug-likeness (QED) is 0.778. The van der Waals surface area contributed by atoms with E-state index in [1.807, 2.05) is 0 Å². The SMILES string of the molecule is CC1CCC2C(C1)C1NC3CCCCC3NC1N2C(C)C. The Hall–Kier alpha value is -0.120. The summed E-state index contributed by atoms with van der Waals surface area (Å²) in [7, 11) is 0. The Labute approximate surface area is 130 Å². The fourth-order valence-corrected chi connectivity index (χ4v) is 5.90. The molecule has 0 spiro atoms. The zero-order chi connectivity index (χ0) is 14.6. The first-order valence-electron chi connectivity index (χ1n) is 9.44. The number of nitrogens with one attached hydrogen (secondary N) is 2. The van der Waals surface area contributed by atoms with Gasteiger partial charge in [0.2, 0.25) is 0 Å². The van der Waals surface area contributed by atoms with Crippen molar-refractivity contribution in [3.63, 3.8) is 0 Å². The van der Waals surface area contributed by atoms with Gasteiger partial charge in [0.25, 0.3) is 0 Å². The highest BCUT2D eigenvalue weighted by Gasteiger charge is 2.54. The molecule has 7 unspecified atom stereocenters. The van der Waals surface area contributed by atoms with Gasteiger partial charge in [-0.3, -0.25) is 10.2 Å². The lowest BCUT2D eigenvalue weighted by molar-refractivity contribution is 0.0635. The maximum Gasteiger partial charge on any atom is 0.0766 e. The van der Waals surface area contributed by atoms with E-state index in [-0.39, 0.29) is 0 Å². The minimum absolute atomic E-state index is 0.588. The first-order chi connectivity index (χ1) is 10.1. The van der Waals surface area contributed by atoms with Gasteiger partial charge in [-0.2, -0.15) is 0 Å². The average Bonchev–Trinajstić information content (AvgIpc) is 2.78. The molecule has 7 atom stereocenters. The van der Waals surface area contributed by atoms with E-state index < -0.39 is 0 Å². The molecule has 2 aliphatic heterocycles. The van der Waals surface area contributed by atoms with E-state index in [1.165, 1.54) is 44.9 Å². The van der Waals surface area contributed by atoms with Crippen molar-refractivity contribution >= 4 is 0 Å². The molecule has 0 aromatic rings. The molecule has 2 saturated carbocycles. The zero-order valence-electron chi connectivity index (χ0n) is 14.0. The van der Waals surface area contributed by atoms with Gasteiger partial charge in [-0.1, -0.05) is 19.8 Å². The topological polar surface area (TPSA) is 27.3 Å². The Bertz CT molecular complexity index is 383. The number of fused-ring (bicyclic) bond motifs is 4. The summed E-state index contributed by atoms with van der Waals surface area (Å²) < 4.78 is 0. The van der Waals surface area contributed by atoms with Gasteiger partial charge in [0.15, 0.2) is 0 Å². The predicted molar refractivity (Wildman–Crippen MR) is 87.2 cm³/mol. The van der Waals surface area contributed by atoms with Crippen LogP contribution in [0.2, 0.25) is 0 Å². The van der Waals surface area contributed by atoms with Crippen LogP contribution in [0.15, 0.2) is 0 Å². The van der Waals surface area contributed by atoms with Crippen LogP contribution in [0.1, 0.15) is 65.7 Å². The molecule has 2 aliphatic carbocycles.